The molecule has 0 aliphatic heterocycles. The highest BCUT2D eigenvalue weighted by molar-refractivity contribution is 9.10. The number of rotatable bonds is 9. The lowest BCUT2D eigenvalue weighted by atomic mass is 10.2. The largest absolute Gasteiger partial charge is 0.493 e. The van der Waals surface area contributed by atoms with Gasteiger partial charge in [-0.3, -0.25) is 9.59 Å². The average Bonchev–Trinajstić information content (AvgIpc) is 2.57. The van der Waals surface area contributed by atoms with Crippen LogP contribution in [0.4, 0.5) is 0 Å². The molecule has 2 N–H and O–H groups in total. The van der Waals surface area contributed by atoms with E-state index in [0.717, 1.165) is 10.9 Å². The molecule has 1 aromatic rings. The number of benzene rings is 1. The van der Waals surface area contributed by atoms with Crippen molar-refractivity contribution in [1.29, 1.82) is 0 Å². The van der Waals surface area contributed by atoms with E-state index in [2.05, 4.69) is 31.8 Å². The number of halogens is 1. The second kappa shape index (κ2) is 11.6. The molecule has 1 aromatic carbocycles. The molecule has 2 amide bonds. The number of amides is 2. The molecular weight excluding hydrogens is 378 g/mol. The van der Waals surface area contributed by atoms with Crippen molar-refractivity contribution in [3.63, 3.8) is 0 Å². The fourth-order valence-corrected chi connectivity index (χ4v) is 2.05. The van der Waals surface area contributed by atoms with E-state index in [1.807, 2.05) is 25.1 Å². The molecule has 0 aromatic heterocycles. The van der Waals surface area contributed by atoms with Crippen molar-refractivity contribution in [2.24, 2.45) is 5.10 Å². The molecular formula is C16H22BrN3O4. The molecule has 0 saturated heterocycles. The summed E-state index contributed by atoms with van der Waals surface area (Å²) in [5, 5.41) is 6.28. The maximum absolute atomic E-state index is 11.6. The smallest absolute Gasteiger partial charge is 0.329 e. The molecule has 0 heterocycles. The highest BCUT2D eigenvalue weighted by Gasteiger charge is 2.11. The number of methoxy groups -OCH3 is 1. The van der Waals surface area contributed by atoms with Crippen LogP contribution in [0.5, 0.6) is 5.75 Å². The molecule has 24 heavy (non-hydrogen) atoms. The minimum atomic E-state index is -0.824. The Morgan fingerprint density at radius 3 is 2.79 bits per heavy atom. The number of hydrazone groups is 1. The van der Waals surface area contributed by atoms with Gasteiger partial charge in [0.25, 0.3) is 0 Å². The topological polar surface area (TPSA) is 89.0 Å². The van der Waals surface area contributed by atoms with E-state index >= 15 is 0 Å². The highest BCUT2D eigenvalue weighted by Crippen LogP contribution is 2.21. The van der Waals surface area contributed by atoms with Gasteiger partial charge in [-0.25, -0.2) is 5.43 Å². The number of ether oxygens (including phenoxy) is 2. The van der Waals surface area contributed by atoms with Crippen LogP contribution in [0.15, 0.2) is 27.8 Å². The predicted molar refractivity (Wildman–Crippen MR) is 95.2 cm³/mol. The molecule has 0 aliphatic rings. The summed E-state index contributed by atoms with van der Waals surface area (Å²) in [6.45, 7) is 3.48. The van der Waals surface area contributed by atoms with E-state index in [9.17, 15) is 9.59 Å². The molecule has 0 atom stereocenters. The van der Waals surface area contributed by atoms with Crippen molar-refractivity contribution >= 4 is 34.0 Å². The maximum atomic E-state index is 11.6. The summed E-state index contributed by atoms with van der Waals surface area (Å²) in [5.41, 5.74) is 2.88. The van der Waals surface area contributed by atoms with Crippen molar-refractivity contribution in [3.05, 3.63) is 28.2 Å². The van der Waals surface area contributed by atoms with Crippen LogP contribution in [0.3, 0.4) is 0 Å². The minimum absolute atomic E-state index is 0.366. The summed E-state index contributed by atoms with van der Waals surface area (Å²) < 4.78 is 11.3. The van der Waals surface area contributed by atoms with E-state index in [1.54, 1.807) is 7.11 Å². The van der Waals surface area contributed by atoms with Crippen molar-refractivity contribution in [1.82, 2.24) is 10.7 Å². The Balaban J connectivity index is 2.55. The zero-order valence-corrected chi connectivity index (χ0v) is 15.4. The molecule has 0 aliphatic carbocycles. The summed E-state index contributed by atoms with van der Waals surface area (Å²) in [5.74, 6) is -0.906. The molecule has 8 heteroatoms. The first kappa shape index (κ1) is 20.1. The van der Waals surface area contributed by atoms with Crippen molar-refractivity contribution < 1.29 is 19.1 Å². The molecule has 0 spiro atoms. The van der Waals surface area contributed by atoms with Crippen molar-refractivity contribution in [3.8, 4) is 5.75 Å². The third kappa shape index (κ3) is 7.56. The van der Waals surface area contributed by atoms with Crippen molar-refractivity contribution in [2.45, 2.75) is 19.8 Å². The Kier molecular flexibility index (Phi) is 9.71. The van der Waals surface area contributed by atoms with Gasteiger partial charge in [0.05, 0.1) is 12.8 Å². The van der Waals surface area contributed by atoms with E-state index in [-0.39, 0.29) is 0 Å². The summed E-state index contributed by atoms with van der Waals surface area (Å²) in [6, 6.07) is 5.48. The lowest BCUT2D eigenvalue weighted by Crippen LogP contribution is -2.38. The van der Waals surface area contributed by atoms with Gasteiger partial charge in [0.1, 0.15) is 5.75 Å². The van der Waals surface area contributed by atoms with Crippen LogP contribution in [0, 0.1) is 0 Å². The second-order valence-electron chi connectivity index (χ2n) is 4.83. The molecule has 0 unspecified atom stereocenters. The first-order valence-electron chi connectivity index (χ1n) is 7.61. The third-order valence-electron chi connectivity index (χ3n) is 2.82. The number of hydrogen-bond acceptors (Lipinski definition) is 5. The third-order valence-corrected chi connectivity index (χ3v) is 3.31. The zero-order valence-electron chi connectivity index (χ0n) is 13.8. The molecule has 0 bridgehead atoms. The van der Waals surface area contributed by atoms with Gasteiger partial charge in [-0.15, -0.1) is 0 Å². The van der Waals surface area contributed by atoms with Crippen LogP contribution in [0.25, 0.3) is 0 Å². The number of carbonyl (C=O) groups excluding carboxylic acids is 2. The molecule has 0 radical (unpaired) electrons. The van der Waals surface area contributed by atoms with Crippen LogP contribution in [0.1, 0.15) is 25.3 Å². The summed E-state index contributed by atoms with van der Waals surface area (Å²) in [4.78, 5) is 23.2. The molecule has 7 nitrogen and oxygen atoms in total. The second-order valence-corrected chi connectivity index (χ2v) is 5.75. The normalized spacial score (nSPS) is 10.6. The predicted octanol–water partition coefficient (Wildman–Crippen LogP) is 1.84. The fourth-order valence-electron chi connectivity index (χ4n) is 1.67. The number of hydrogen-bond donors (Lipinski definition) is 2. The standard InChI is InChI=1S/C16H22BrN3O4/c1-3-8-24-14-6-5-13(17)10-12(14)11-19-20-16(22)15(21)18-7-4-9-23-2/h5-6,10-11H,3-4,7-9H2,1-2H3,(H,18,21)(H,20,22)/b19-11-. The lowest BCUT2D eigenvalue weighted by Gasteiger charge is -2.08. The highest BCUT2D eigenvalue weighted by atomic mass is 79.9. The van der Waals surface area contributed by atoms with Crippen LogP contribution in [-0.4, -0.2) is 44.9 Å². The Morgan fingerprint density at radius 1 is 1.29 bits per heavy atom. The molecule has 132 valence electrons. The average molecular weight is 400 g/mol. The maximum Gasteiger partial charge on any atom is 0.329 e. The van der Waals surface area contributed by atoms with E-state index in [1.165, 1.54) is 6.21 Å². The Hall–Kier alpha value is -1.93. The van der Waals surface area contributed by atoms with Crippen LogP contribution in [0.2, 0.25) is 0 Å². The Labute approximate surface area is 149 Å². The van der Waals surface area contributed by atoms with Gasteiger partial charge < -0.3 is 14.8 Å². The van der Waals surface area contributed by atoms with Gasteiger partial charge in [0.2, 0.25) is 0 Å². The quantitative estimate of drug-likeness (QED) is 0.287. The van der Waals surface area contributed by atoms with Gasteiger partial charge in [-0.2, -0.15) is 5.10 Å². The summed E-state index contributed by atoms with van der Waals surface area (Å²) in [6.07, 6.45) is 2.95. The molecule has 1 rings (SSSR count). The van der Waals surface area contributed by atoms with E-state index in [4.69, 9.17) is 9.47 Å². The van der Waals surface area contributed by atoms with Gasteiger partial charge in [0, 0.05) is 30.3 Å². The van der Waals surface area contributed by atoms with Gasteiger partial charge in [0.15, 0.2) is 0 Å². The lowest BCUT2D eigenvalue weighted by molar-refractivity contribution is -0.139. The first-order valence-corrected chi connectivity index (χ1v) is 8.40. The fraction of sp³-hybridized carbons (Fsp3) is 0.438. The number of nitrogens with one attached hydrogen (secondary N) is 2. The van der Waals surface area contributed by atoms with Gasteiger partial charge >= 0.3 is 11.8 Å². The van der Waals surface area contributed by atoms with Crippen LogP contribution in [-0.2, 0) is 14.3 Å². The summed E-state index contributed by atoms with van der Waals surface area (Å²) in [7, 11) is 1.57. The van der Waals surface area contributed by atoms with Crippen molar-refractivity contribution in [2.75, 3.05) is 26.9 Å². The summed E-state index contributed by atoms with van der Waals surface area (Å²) >= 11 is 3.37. The Bertz CT molecular complexity index is 578. The SMILES string of the molecule is CCCOc1ccc(Br)cc1/C=N\NC(=O)C(=O)NCCCOC. The van der Waals surface area contributed by atoms with E-state index in [0.29, 0.717) is 37.5 Å². The monoisotopic (exact) mass is 399 g/mol. The van der Waals surface area contributed by atoms with E-state index < -0.39 is 11.8 Å². The minimum Gasteiger partial charge on any atom is -0.493 e. The van der Waals surface area contributed by atoms with Crippen LogP contribution >= 0.6 is 15.9 Å². The number of nitrogens with zero attached hydrogens (tertiary/aromatic N) is 1. The van der Waals surface area contributed by atoms with Crippen LogP contribution < -0.4 is 15.5 Å². The van der Waals surface area contributed by atoms with Gasteiger partial charge in [-0.05, 0) is 31.0 Å². The number of carbonyl (C=O) groups is 2. The van der Waals surface area contributed by atoms with Gasteiger partial charge in [-0.1, -0.05) is 22.9 Å². The molecule has 0 fully saturated rings. The first-order chi connectivity index (χ1) is 11.6. The zero-order chi connectivity index (χ0) is 17.8. The molecule has 0 saturated carbocycles. The Morgan fingerprint density at radius 2 is 2.08 bits per heavy atom.